The van der Waals surface area contributed by atoms with E-state index >= 15 is 0 Å². The maximum absolute atomic E-state index is 12.3. The fraction of sp³-hybridized carbons (Fsp3) is 1.00. The van der Waals surface area contributed by atoms with E-state index in [0.717, 1.165) is 32.5 Å². The predicted molar refractivity (Wildman–Crippen MR) is 83.8 cm³/mol. The van der Waals surface area contributed by atoms with Crippen LogP contribution in [0.25, 0.3) is 0 Å². The Labute approximate surface area is 124 Å². The van der Waals surface area contributed by atoms with Crippen LogP contribution in [0.1, 0.15) is 40.5 Å². The molecule has 1 N–H and O–H groups in total. The van der Waals surface area contributed by atoms with Crippen LogP contribution in [0.4, 0.5) is 0 Å². The molecule has 0 aromatic carbocycles. The molecule has 1 heterocycles. The largest absolute Gasteiger partial charge is 0.304 e. The first-order valence-electron chi connectivity index (χ1n) is 7.86. The van der Waals surface area contributed by atoms with E-state index in [1.165, 1.54) is 0 Å². The van der Waals surface area contributed by atoms with Gasteiger partial charge in [-0.15, -0.1) is 0 Å². The molecule has 0 aromatic heterocycles. The Bertz CT molecular complexity index is 359. The molecule has 0 bridgehead atoms. The summed E-state index contributed by atoms with van der Waals surface area (Å²) >= 11 is 0. The number of piperidine rings is 1. The first-order chi connectivity index (χ1) is 9.39. The molecule has 0 aromatic rings. The van der Waals surface area contributed by atoms with Crippen molar-refractivity contribution in [3.8, 4) is 0 Å². The van der Waals surface area contributed by atoms with Crippen LogP contribution in [0, 0.1) is 11.8 Å². The molecule has 0 aliphatic carbocycles. The summed E-state index contributed by atoms with van der Waals surface area (Å²) in [7, 11) is -3.30. The maximum atomic E-state index is 12.3. The molecule has 2 atom stereocenters. The van der Waals surface area contributed by atoms with Gasteiger partial charge in [0.2, 0.25) is 0 Å². The number of hydrogen-bond acceptors (Lipinski definition) is 3. The van der Waals surface area contributed by atoms with Crippen molar-refractivity contribution in [3.63, 3.8) is 0 Å². The van der Waals surface area contributed by atoms with Crippen molar-refractivity contribution < 1.29 is 8.42 Å². The lowest BCUT2D eigenvalue weighted by Gasteiger charge is -2.34. The Kier molecular flexibility index (Phi) is 7.43. The average molecular weight is 305 g/mol. The van der Waals surface area contributed by atoms with Gasteiger partial charge in [0.1, 0.15) is 0 Å². The molecule has 1 fully saturated rings. The van der Waals surface area contributed by atoms with Crippen molar-refractivity contribution in [2.75, 3.05) is 39.3 Å². The standard InChI is InChI=1S/C14H31N3O2S/c1-5-16(6-2)9-7-8-15-20(18,19)17-11-13(3)10-14(4)12-17/h13-15H,5-12H2,1-4H3. The van der Waals surface area contributed by atoms with E-state index in [4.69, 9.17) is 0 Å². The quantitative estimate of drug-likeness (QED) is 0.692. The van der Waals surface area contributed by atoms with Gasteiger partial charge in [-0.05, 0) is 44.3 Å². The Morgan fingerprint density at radius 1 is 1.15 bits per heavy atom. The zero-order valence-electron chi connectivity index (χ0n) is 13.4. The average Bonchev–Trinajstić information content (AvgIpc) is 2.38. The molecule has 120 valence electrons. The summed E-state index contributed by atoms with van der Waals surface area (Å²) in [6.45, 7) is 13.3. The van der Waals surface area contributed by atoms with Crippen LogP contribution in [0.15, 0.2) is 0 Å². The fourth-order valence-electron chi connectivity index (χ4n) is 2.94. The van der Waals surface area contributed by atoms with Crippen molar-refractivity contribution in [1.82, 2.24) is 13.9 Å². The van der Waals surface area contributed by atoms with E-state index in [2.05, 4.69) is 37.3 Å². The molecule has 0 saturated carbocycles. The Hall–Kier alpha value is -0.170. The second kappa shape index (κ2) is 8.32. The number of nitrogens with one attached hydrogen (secondary N) is 1. The van der Waals surface area contributed by atoms with Crippen LogP contribution < -0.4 is 4.72 Å². The van der Waals surface area contributed by atoms with Crippen molar-refractivity contribution in [3.05, 3.63) is 0 Å². The molecule has 1 aliphatic rings. The van der Waals surface area contributed by atoms with Gasteiger partial charge in [0.05, 0.1) is 0 Å². The highest BCUT2D eigenvalue weighted by Gasteiger charge is 2.29. The molecular formula is C14H31N3O2S. The van der Waals surface area contributed by atoms with Crippen LogP contribution in [0.3, 0.4) is 0 Å². The molecule has 5 nitrogen and oxygen atoms in total. The summed E-state index contributed by atoms with van der Waals surface area (Å²) in [5.41, 5.74) is 0. The van der Waals surface area contributed by atoms with Gasteiger partial charge in [-0.1, -0.05) is 27.7 Å². The first-order valence-corrected chi connectivity index (χ1v) is 9.30. The van der Waals surface area contributed by atoms with E-state index < -0.39 is 10.2 Å². The Balaban J connectivity index is 2.37. The summed E-state index contributed by atoms with van der Waals surface area (Å²) in [5, 5.41) is 0. The zero-order valence-corrected chi connectivity index (χ0v) is 14.2. The molecule has 2 unspecified atom stereocenters. The van der Waals surface area contributed by atoms with Gasteiger partial charge < -0.3 is 4.90 Å². The molecule has 0 spiro atoms. The van der Waals surface area contributed by atoms with Crippen molar-refractivity contribution in [2.24, 2.45) is 11.8 Å². The van der Waals surface area contributed by atoms with Gasteiger partial charge >= 0.3 is 0 Å². The summed E-state index contributed by atoms with van der Waals surface area (Å²) in [4.78, 5) is 2.30. The molecule has 0 radical (unpaired) electrons. The van der Waals surface area contributed by atoms with Crippen LogP contribution in [-0.2, 0) is 10.2 Å². The topological polar surface area (TPSA) is 52.7 Å². The third kappa shape index (κ3) is 5.68. The fourth-order valence-corrected chi connectivity index (χ4v) is 4.42. The highest BCUT2D eigenvalue weighted by atomic mass is 32.2. The maximum Gasteiger partial charge on any atom is 0.279 e. The third-order valence-corrected chi connectivity index (χ3v) is 5.55. The van der Waals surface area contributed by atoms with Gasteiger partial charge in [0.15, 0.2) is 0 Å². The highest BCUT2D eigenvalue weighted by Crippen LogP contribution is 2.22. The zero-order chi connectivity index (χ0) is 15.2. The molecule has 1 rings (SSSR count). The summed E-state index contributed by atoms with van der Waals surface area (Å²) < 4.78 is 28.9. The highest BCUT2D eigenvalue weighted by molar-refractivity contribution is 7.87. The van der Waals surface area contributed by atoms with Crippen molar-refractivity contribution in [2.45, 2.75) is 40.5 Å². The first kappa shape index (κ1) is 17.9. The minimum Gasteiger partial charge on any atom is -0.304 e. The molecule has 1 saturated heterocycles. The molecule has 20 heavy (non-hydrogen) atoms. The SMILES string of the molecule is CCN(CC)CCCNS(=O)(=O)N1CC(C)CC(C)C1. The smallest absolute Gasteiger partial charge is 0.279 e. The number of nitrogens with zero attached hydrogens (tertiary/aromatic N) is 2. The Morgan fingerprint density at radius 2 is 1.70 bits per heavy atom. The summed E-state index contributed by atoms with van der Waals surface area (Å²) in [6.07, 6.45) is 1.98. The van der Waals surface area contributed by atoms with Gasteiger partial charge in [0.25, 0.3) is 10.2 Å². The lowest BCUT2D eigenvalue weighted by atomic mass is 9.94. The predicted octanol–water partition coefficient (Wildman–Crippen LogP) is 1.53. The molecule has 0 amide bonds. The van der Waals surface area contributed by atoms with Gasteiger partial charge in [-0.3, -0.25) is 0 Å². The van der Waals surface area contributed by atoms with Gasteiger partial charge in [-0.2, -0.15) is 12.7 Å². The minimum atomic E-state index is -3.30. The van der Waals surface area contributed by atoms with E-state index in [1.54, 1.807) is 4.31 Å². The molecule has 1 aliphatic heterocycles. The van der Waals surface area contributed by atoms with Gasteiger partial charge in [0, 0.05) is 19.6 Å². The Morgan fingerprint density at radius 3 is 2.20 bits per heavy atom. The normalized spacial score (nSPS) is 25.2. The van der Waals surface area contributed by atoms with E-state index in [0.29, 0.717) is 31.5 Å². The van der Waals surface area contributed by atoms with E-state index in [-0.39, 0.29) is 0 Å². The summed E-state index contributed by atoms with van der Waals surface area (Å²) in [5.74, 6) is 0.900. The van der Waals surface area contributed by atoms with Crippen LogP contribution in [0.5, 0.6) is 0 Å². The number of rotatable bonds is 8. The van der Waals surface area contributed by atoms with Crippen LogP contribution in [0.2, 0.25) is 0 Å². The summed E-state index contributed by atoms with van der Waals surface area (Å²) in [6, 6.07) is 0. The van der Waals surface area contributed by atoms with Crippen molar-refractivity contribution >= 4 is 10.2 Å². The van der Waals surface area contributed by atoms with Crippen LogP contribution >= 0.6 is 0 Å². The number of hydrogen-bond donors (Lipinski definition) is 1. The molecular weight excluding hydrogens is 274 g/mol. The third-order valence-electron chi connectivity index (χ3n) is 4.01. The second-order valence-corrected chi connectivity index (χ2v) is 7.80. The molecule has 6 heteroatoms. The van der Waals surface area contributed by atoms with Gasteiger partial charge in [-0.25, -0.2) is 4.72 Å². The van der Waals surface area contributed by atoms with Crippen molar-refractivity contribution in [1.29, 1.82) is 0 Å². The van der Waals surface area contributed by atoms with Crippen LogP contribution in [-0.4, -0.2) is 56.9 Å². The van der Waals surface area contributed by atoms with E-state index in [9.17, 15) is 8.42 Å². The monoisotopic (exact) mass is 305 g/mol. The minimum absolute atomic E-state index is 0.450. The lowest BCUT2D eigenvalue weighted by Crippen LogP contribution is -2.48. The van der Waals surface area contributed by atoms with E-state index in [1.807, 2.05) is 0 Å². The lowest BCUT2D eigenvalue weighted by molar-refractivity contribution is 0.220. The second-order valence-electron chi connectivity index (χ2n) is 6.04.